The SMILES string of the molecule is CCC(C)n1ccc(CN2CC(CCl)OCC2C)n1. The number of hydrogen-bond acceptors (Lipinski definition) is 3. The van der Waals surface area contributed by atoms with Crippen molar-refractivity contribution in [3.63, 3.8) is 0 Å². The van der Waals surface area contributed by atoms with Crippen LogP contribution in [0.1, 0.15) is 38.9 Å². The van der Waals surface area contributed by atoms with Crippen LogP contribution in [-0.2, 0) is 11.3 Å². The predicted molar refractivity (Wildman–Crippen MR) is 77.6 cm³/mol. The van der Waals surface area contributed by atoms with Crippen LogP contribution in [0.5, 0.6) is 0 Å². The normalized spacial score (nSPS) is 26.5. The Hall–Kier alpha value is -0.580. The van der Waals surface area contributed by atoms with Gasteiger partial charge in [-0.2, -0.15) is 5.10 Å². The standard InChI is InChI=1S/C14H24ClN3O/c1-4-11(2)18-6-5-13(16-18)8-17-9-14(7-15)19-10-12(17)3/h5-6,11-12,14H,4,7-10H2,1-3H3. The molecule has 1 aromatic rings. The second-order valence-electron chi connectivity index (χ2n) is 5.43. The van der Waals surface area contributed by atoms with E-state index in [4.69, 9.17) is 16.3 Å². The van der Waals surface area contributed by atoms with E-state index in [1.54, 1.807) is 0 Å². The molecule has 1 fully saturated rings. The van der Waals surface area contributed by atoms with Crippen molar-refractivity contribution in [1.29, 1.82) is 0 Å². The van der Waals surface area contributed by atoms with E-state index in [2.05, 4.69) is 47.7 Å². The van der Waals surface area contributed by atoms with Crippen molar-refractivity contribution in [2.24, 2.45) is 0 Å². The minimum atomic E-state index is 0.148. The Balaban J connectivity index is 1.97. The number of ether oxygens (including phenoxy) is 1. The van der Waals surface area contributed by atoms with Crippen LogP contribution in [0.25, 0.3) is 0 Å². The summed E-state index contributed by atoms with van der Waals surface area (Å²) in [5.74, 6) is 0.560. The van der Waals surface area contributed by atoms with Gasteiger partial charge in [0.05, 0.1) is 18.4 Å². The van der Waals surface area contributed by atoms with Crippen molar-refractivity contribution in [2.75, 3.05) is 19.0 Å². The summed E-state index contributed by atoms with van der Waals surface area (Å²) in [5.41, 5.74) is 1.13. The van der Waals surface area contributed by atoms with Gasteiger partial charge in [0.15, 0.2) is 0 Å². The maximum Gasteiger partial charge on any atom is 0.0838 e. The highest BCUT2D eigenvalue weighted by molar-refractivity contribution is 6.18. The first-order valence-electron chi connectivity index (χ1n) is 7.09. The summed E-state index contributed by atoms with van der Waals surface area (Å²) < 4.78 is 7.72. The quantitative estimate of drug-likeness (QED) is 0.779. The fourth-order valence-corrected chi connectivity index (χ4v) is 2.48. The monoisotopic (exact) mass is 285 g/mol. The molecule has 1 aromatic heterocycles. The molecule has 3 unspecified atom stereocenters. The lowest BCUT2D eigenvalue weighted by Crippen LogP contribution is -2.48. The first kappa shape index (κ1) is 14.8. The van der Waals surface area contributed by atoms with Gasteiger partial charge in [0.1, 0.15) is 0 Å². The topological polar surface area (TPSA) is 30.3 Å². The second-order valence-corrected chi connectivity index (χ2v) is 5.74. The van der Waals surface area contributed by atoms with Crippen LogP contribution in [0.2, 0.25) is 0 Å². The van der Waals surface area contributed by atoms with E-state index in [1.165, 1.54) is 0 Å². The van der Waals surface area contributed by atoms with Gasteiger partial charge in [0, 0.05) is 37.3 Å². The molecule has 0 radical (unpaired) electrons. The van der Waals surface area contributed by atoms with E-state index in [1.807, 2.05) is 0 Å². The zero-order valence-electron chi connectivity index (χ0n) is 12.1. The van der Waals surface area contributed by atoms with E-state index in [9.17, 15) is 0 Å². The fraction of sp³-hybridized carbons (Fsp3) is 0.786. The molecule has 2 heterocycles. The minimum absolute atomic E-state index is 0.148. The first-order chi connectivity index (χ1) is 9.13. The first-order valence-corrected chi connectivity index (χ1v) is 7.63. The molecule has 1 saturated heterocycles. The van der Waals surface area contributed by atoms with E-state index < -0.39 is 0 Å². The van der Waals surface area contributed by atoms with Crippen LogP contribution in [0.4, 0.5) is 0 Å². The summed E-state index contributed by atoms with van der Waals surface area (Å²) >= 11 is 5.89. The van der Waals surface area contributed by atoms with E-state index in [0.717, 1.165) is 31.8 Å². The lowest BCUT2D eigenvalue weighted by molar-refractivity contribution is -0.0515. The molecule has 1 aliphatic rings. The Morgan fingerprint density at radius 1 is 1.58 bits per heavy atom. The maximum atomic E-state index is 5.89. The van der Waals surface area contributed by atoms with Crippen molar-refractivity contribution in [2.45, 2.75) is 51.9 Å². The molecule has 0 saturated carbocycles. The average Bonchev–Trinajstić information content (AvgIpc) is 2.89. The summed E-state index contributed by atoms with van der Waals surface area (Å²) in [7, 11) is 0. The molecule has 0 aliphatic carbocycles. The molecule has 4 nitrogen and oxygen atoms in total. The van der Waals surface area contributed by atoms with Crippen LogP contribution in [0, 0.1) is 0 Å². The van der Waals surface area contributed by atoms with Crippen molar-refractivity contribution < 1.29 is 4.74 Å². The van der Waals surface area contributed by atoms with E-state index in [0.29, 0.717) is 18.0 Å². The van der Waals surface area contributed by atoms with Gasteiger partial charge >= 0.3 is 0 Å². The number of aromatic nitrogens is 2. The molecule has 108 valence electrons. The summed E-state index contributed by atoms with van der Waals surface area (Å²) in [6, 6.07) is 3.00. The maximum absolute atomic E-state index is 5.89. The summed E-state index contributed by atoms with van der Waals surface area (Å²) in [5, 5.41) is 4.66. The number of morpholine rings is 1. The Morgan fingerprint density at radius 3 is 3.05 bits per heavy atom. The van der Waals surface area contributed by atoms with Gasteiger partial charge in [-0.05, 0) is 26.3 Å². The van der Waals surface area contributed by atoms with E-state index >= 15 is 0 Å². The van der Waals surface area contributed by atoms with Crippen molar-refractivity contribution >= 4 is 11.6 Å². The third-order valence-corrected chi connectivity index (χ3v) is 4.22. The van der Waals surface area contributed by atoms with Crippen molar-refractivity contribution in [3.8, 4) is 0 Å². The van der Waals surface area contributed by atoms with Crippen LogP contribution >= 0.6 is 11.6 Å². The average molecular weight is 286 g/mol. The number of halogens is 1. The summed E-state index contributed by atoms with van der Waals surface area (Å²) in [4.78, 5) is 2.40. The van der Waals surface area contributed by atoms with Gasteiger partial charge < -0.3 is 4.74 Å². The highest BCUT2D eigenvalue weighted by Crippen LogP contribution is 2.16. The Labute approximate surface area is 120 Å². The van der Waals surface area contributed by atoms with Crippen molar-refractivity contribution in [3.05, 3.63) is 18.0 Å². The zero-order chi connectivity index (χ0) is 13.8. The number of rotatable bonds is 5. The molecular weight excluding hydrogens is 262 g/mol. The fourth-order valence-electron chi connectivity index (χ4n) is 2.29. The Bertz CT molecular complexity index is 396. The van der Waals surface area contributed by atoms with Gasteiger partial charge in [0.25, 0.3) is 0 Å². The number of alkyl halides is 1. The second kappa shape index (κ2) is 6.73. The molecular formula is C14H24ClN3O. The van der Waals surface area contributed by atoms with Gasteiger partial charge in [-0.15, -0.1) is 11.6 Å². The van der Waals surface area contributed by atoms with Crippen LogP contribution in [-0.4, -0.2) is 45.9 Å². The molecule has 0 bridgehead atoms. The van der Waals surface area contributed by atoms with Gasteiger partial charge in [-0.25, -0.2) is 0 Å². The Kier molecular flexibility index (Phi) is 5.25. The minimum Gasteiger partial charge on any atom is -0.374 e. The number of hydrogen-bond donors (Lipinski definition) is 0. The van der Waals surface area contributed by atoms with Gasteiger partial charge in [0.2, 0.25) is 0 Å². The van der Waals surface area contributed by atoms with Crippen LogP contribution in [0.15, 0.2) is 12.3 Å². The third-order valence-electron chi connectivity index (χ3n) is 3.88. The molecule has 1 aliphatic heterocycles. The lowest BCUT2D eigenvalue weighted by atomic mass is 10.2. The highest BCUT2D eigenvalue weighted by Gasteiger charge is 2.26. The van der Waals surface area contributed by atoms with Crippen molar-refractivity contribution in [1.82, 2.24) is 14.7 Å². The zero-order valence-corrected chi connectivity index (χ0v) is 12.8. The molecule has 0 N–H and O–H groups in total. The smallest absolute Gasteiger partial charge is 0.0838 e. The van der Waals surface area contributed by atoms with Gasteiger partial charge in [-0.1, -0.05) is 6.92 Å². The Morgan fingerprint density at radius 2 is 2.37 bits per heavy atom. The van der Waals surface area contributed by atoms with Crippen LogP contribution < -0.4 is 0 Å². The highest BCUT2D eigenvalue weighted by atomic mass is 35.5. The third kappa shape index (κ3) is 3.71. The number of nitrogens with zero attached hydrogens (tertiary/aromatic N) is 3. The van der Waals surface area contributed by atoms with E-state index in [-0.39, 0.29) is 6.10 Å². The summed E-state index contributed by atoms with van der Waals surface area (Å²) in [6.07, 6.45) is 3.33. The molecule has 2 rings (SSSR count). The summed E-state index contributed by atoms with van der Waals surface area (Å²) in [6.45, 7) is 9.08. The molecule has 0 amide bonds. The molecule has 0 aromatic carbocycles. The molecule has 19 heavy (non-hydrogen) atoms. The largest absolute Gasteiger partial charge is 0.374 e. The molecule has 3 atom stereocenters. The molecule has 0 spiro atoms. The van der Waals surface area contributed by atoms with Gasteiger partial charge in [-0.3, -0.25) is 9.58 Å². The predicted octanol–water partition coefficient (Wildman–Crippen LogP) is 2.68. The lowest BCUT2D eigenvalue weighted by Gasteiger charge is -2.36. The molecule has 5 heteroatoms. The van der Waals surface area contributed by atoms with Crippen LogP contribution in [0.3, 0.4) is 0 Å².